The number of nitrogens with zero attached hydrogens (tertiary/aromatic N) is 2. The van der Waals surface area contributed by atoms with Crippen LogP contribution in [0.15, 0.2) is 4.99 Å². The first-order chi connectivity index (χ1) is 7.14. The van der Waals surface area contributed by atoms with Crippen LogP contribution in [-0.4, -0.2) is 25.6 Å². The van der Waals surface area contributed by atoms with Gasteiger partial charge in [-0.15, -0.1) is 24.0 Å². The van der Waals surface area contributed by atoms with E-state index in [4.69, 9.17) is 5.26 Å². The maximum Gasteiger partial charge on any atom is 0.191 e. The number of nitrogens with one attached hydrogen (secondary N) is 2. The molecular formula is C11H21IN4. The highest BCUT2D eigenvalue weighted by Gasteiger charge is 2.18. The summed E-state index contributed by atoms with van der Waals surface area (Å²) < 4.78 is 0. The molecule has 92 valence electrons. The third-order valence-electron chi connectivity index (χ3n) is 2.55. The molecule has 0 aromatic rings. The van der Waals surface area contributed by atoms with Crippen molar-refractivity contribution in [2.75, 3.05) is 19.6 Å². The molecule has 0 fully saturated rings. The van der Waals surface area contributed by atoms with E-state index in [2.05, 4.69) is 35.5 Å². The zero-order valence-corrected chi connectivity index (χ0v) is 12.4. The summed E-state index contributed by atoms with van der Waals surface area (Å²) in [5, 5.41) is 15.1. The fourth-order valence-electron chi connectivity index (χ4n) is 1.46. The van der Waals surface area contributed by atoms with Crippen LogP contribution in [0.3, 0.4) is 0 Å². The Morgan fingerprint density at radius 3 is 2.88 bits per heavy atom. The lowest BCUT2D eigenvalue weighted by Crippen LogP contribution is -2.44. The van der Waals surface area contributed by atoms with Gasteiger partial charge in [0.1, 0.15) is 0 Å². The molecule has 2 N–H and O–H groups in total. The quantitative estimate of drug-likeness (QED) is 0.771. The molecule has 0 radical (unpaired) electrons. The maximum atomic E-state index is 8.54. The van der Waals surface area contributed by atoms with Crippen molar-refractivity contribution in [1.29, 1.82) is 5.26 Å². The van der Waals surface area contributed by atoms with Crippen molar-refractivity contribution in [2.45, 2.75) is 33.1 Å². The summed E-state index contributed by atoms with van der Waals surface area (Å²) in [6, 6.07) is 2.19. The second-order valence-corrected chi connectivity index (χ2v) is 4.69. The van der Waals surface area contributed by atoms with E-state index in [9.17, 15) is 0 Å². The molecule has 0 aliphatic carbocycles. The molecule has 0 amide bonds. The van der Waals surface area contributed by atoms with Crippen LogP contribution in [0.1, 0.15) is 33.1 Å². The largest absolute Gasteiger partial charge is 0.356 e. The predicted molar refractivity (Wildman–Crippen MR) is 77.0 cm³/mol. The monoisotopic (exact) mass is 336 g/mol. The van der Waals surface area contributed by atoms with Gasteiger partial charge in [-0.25, -0.2) is 0 Å². The smallest absolute Gasteiger partial charge is 0.191 e. The van der Waals surface area contributed by atoms with Crippen molar-refractivity contribution in [1.82, 2.24) is 10.6 Å². The summed E-state index contributed by atoms with van der Waals surface area (Å²) in [5.41, 5.74) is 0.150. The molecule has 0 atom stereocenters. The molecule has 1 heterocycles. The number of nitriles is 1. The highest BCUT2D eigenvalue weighted by Crippen LogP contribution is 2.20. The number of rotatable bonds is 4. The number of hydrogen-bond acceptors (Lipinski definition) is 4. The van der Waals surface area contributed by atoms with Gasteiger partial charge < -0.3 is 10.6 Å². The molecule has 1 aliphatic rings. The van der Waals surface area contributed by atoms with Gasteiger partial charge in [0.15, 0.2) is 5.96 Å². The van der Waals surface area contributed by atoms with Crippen LogP contribution in [0.4, 0.5) is 0 Å². The lowest BCUT2D eigenvalue weighted by atomic mass is 9.88. The Morgan fingerprint density at radius 1 is 1.56 bits per heavy atom. The molecule has 0 saturated heterocycles. The summed E-state index contributed by atoms with van der Waals surface area (Å²) in [4.78, 5) is 4.34. The summed E-state index contributed by atoms with van der Waals surface area (Å²) in [7, 11) is 0. The van der Waals surface area contributed by atoms with Crippen molar-refractivity contribution in [3.63, 3.8) is 0 Å². The summed E-state index contributed by atoms with van der Waals surface area (Å²) >= 11 is 0. The second kappa shape index (κ2) is 7.71. The van der Waals surface area contributed by atoms with E-state index < -0.39 is 0 Å². The van der Waals surface area contributed by atoms with Gasteiger partial charge in [0.2, 0.25) is 0 Å². The lowest BCUT2D eigenvalue weighted by molar-refractivity contribution is 0.336. The first-order valence-corrected chi connectivity index (χ1v) is 5.53. The predicted octanol–water partition coefficient (Wildman–Crippen LogP) is 1.87. The first kappa shape index (κ1) is 15.5. The molecule has 1 aliphatic heterocycles. The molecular weight excluding hydrogens is 315 g/mol. The third-order valence-corrected chi connectivity index (χ3v) is 2.55. The van der Waals surface area contributed by atoms with Crippen molar-refractivity contribution >= 4 is 29.9 Å². The molecule has 16 heavy (non-hydrogen) atoms. The standard InChI is InChI=1S/C11H20N4.HI/c1-11(2,5-3-6-12)9-15-10-13-7-4-8-14-10;/h3-5,7-9H2,1-2H3,(H2,13,14,15);1H. The van der Waals surface area contributed by atoms with Crippen LogP contribution in [0.5, 0.6) is 0 Å². The molecule has 5 heteroatoms. The van der Waals surface area contributed by atoms with Crippen molar-refractivity contribution < 1.29 is 0 Å². The average Bonchev–Trinajstić information content (AvgIpc) is 2.25. The zero-order chi connectivity index (χ0) is 11.1. The number of guanidine groups is 1. The molecule has 0 spiro atoms. The second-order valence-electron chi connectivity index (χ2n) is 4.69. The van der Waals surface area contributed by atoms with Crippen molar-refractivity contribution in [3.8, 4) is 6.07 Å². The minimum absolute atomic E-state index is 0. The Labute approximate surface area is 115 Å². The molecule has 4 nitrogen and oxygen atoms in total. The van der Waals surface area contributed by atoms with Crippen LogP contribution in [0, 0.1) is 16.7 Å². The van der Waals surface area contributed by atoms with Crippen molar-refractivity contribution in [2.24, 2.45) is 10.4 Å². The van der Waals surface area contributed by atoms with Gasteiger partial charge in [0.25, 0.3) is 0 Å². The average molecular weight is 336 g/mol. The molecule has 0 unspecified atom stereocenters. The first-order valence-electron chi connectivity index (χ1n) is 5.53. The normalized spacial score (nSPS) is 15.2. The fourth-order valence-corrected chi connectivity index (χ4v) is 1.46. The highest BCUT2D eigenvalue weighted by molar-refractivity contribution is 14.0. The van der Waals surface area contributed by atoms with Gasteiger partial charge in [0.05, 0.1) is 6.07 Å². The van der Waals surface area contributed by atoms with Gasteiger partial charge in [0, 0.05) is 26.1 Å². The number of aliphatic imine (C=N–C) groups is 1. The molecule has 0 aromatic carbocycles. The van der Waals surface area contributed by atoms with E-state index in [0.717, 1.165) is 38.4 Å². The van der Waals surface area contributed by atoms with Gasteiger partial charge in [-0.1, -0.05) is 13.8 Å². The van der Waals surface area contributed by atoms with Gasteiger partial charge in [-0.05, 0) is 18.3 Å². The Morgan fingerprint density at radius 2 is 2.31 bits per heavy atom. The fraction of sp³-hybridized carbons (Fsp3) is 0.818. The zero-order valence-electron chi connectivity index (χ0n) is 10.0. The van der Waals surface area contributed by atoms with E-state index >= 15 is 0 Å². The molecule has 0 aromatic heterocycles. The Hall–Kier alpha value is -0.510. The van der Waals surface area contributed by atoms with Crippen LogP contribution in [0.2, 0.25) is 0 Å². The Kier molecular flexibility index (Phi) is 7.47. The van der Waals surface area contributed by atoms with E-state index in [1.54, 1.807) is 0 Å². The highest BCUT2D eigenvalue weighted by atomic mass is 127. The Balaban J connectivity index is 0.00000225. The van der Waals surface area contributed by atoms with Crippen LogP contribution >= 0.6 is 24.0 Å². The summed E-state index contributed by atoms with van der Waals surface area (Å²) in [5.74, 6) is 0.909. The van der Waals surface area contributed by atoms with E-state index in [0.29, 0.717) is 6.42 Å². The molecule has 1 rings (SSSR count). The SMILES string of the molecule is CC(C)(CCC#N)CNC1=NCCCN1.I. The Bertz CT molecular complexity index is 268. The van der Waals surface area contributed by atoms with Gasteiger partial charge >= 0.3 is 0 Å². The summed E-state index contributed by atoms with van der Waals surface area (Å²) in [6.45, 7) is 7.11. The third kappa shape index (κ3) is 6.16. The van der Waals surface area contributed by atoms with Crippen molar-refractivity contribution in [3.05, 3.63) is 0 Å². The topological polar surface area (TPSA) is 60.2 Å². The van der Waals surface area contributed by atoms with E-state index in [1.165, 1.54) is 0 Å². The van der Waals surface area contributed by atoms with Gasteiger partial charge in [-0.3, -0.25) is 4.99 Å². The maximum absolute atomic E-state index is 8.54. The van der Waals surface area contributed by atoms with Gasteiger partial charge in [-0.2, -0.15) is 5.26 Å². The van der Waals surface area contributed by atoms with E-state index in [1.807, 2.05) is 0 Å². The van der Waals surface area contributed by atoms with Crippen LogP contribution in [-0.2, 0) is 0 Å². The molecule has 0 bridgehead atoms. The minimum atomic E-state index is 0. The van der Waals surface area contributed by atoms with Crippen LogP contribution < -0.4 is 10.6 Å². The minimum Gasteiger partial charge on any atom is -0.356 e. The van der Waals surface area contributed by atoms with Crippen LogP contribution in [0.25, 0.3) is 0 Å². The number of halogens is 1. The molecule has 0 saturated carbocycles. The summed E-state index contributed by atoms with van der Waals surface area (Å²) in [6.07, 6.45) is 2.65. The number of hydrogen-bond donors (Lipinski definition) is 2. The lowest BCUT2D eigenvalue weighted by Gasteiger charge is -2.26. The van der Waals surface area contributed by atoms with E-state index in [-0.39, 0.29) is 29.4 Å².